The molecule has 0 saturated heterocycles. The average Bonchev–Trinajstić information content (AvgIpc) is 4.27. The fraction of sp³-hybridized carbons (Fsp3) is 0.356. The number of aromatic nitrogens is 13. The number of carbonyl (C=O) groups excluding carboxylic acids is 2. The van der Waals surface area contributed by atoms with Crippen molar-refractivity contribution in [2.45, 2.75) is 93.3 Å². The Kier molecular flexibility index (Phi) is 27.0. The topological polar surface area (TPSA) is 319 Å². The summed E-state index contributed by atoms with van der Waals surface area (Å²) in [7, 11) is 5.75. The van der Waals surface area contributed by atoms with E-state index in [9.17, 15) is 33.6 Å². The highest BCUT2D eigenvalue weighted by Gasteiger charge is 2.18. The number of aliphatic carboxylic acids is 1. The molecule has 0 saturated carbocycles. The molecule has 0 aliphatic carbocycles. The van der Waals surface area contributed by atoms with Crippen molar-refractivity contribution in [3.05, 3.63) is 201 Å². The average molecular weight is 1270 g/mol. The first kappa shape index (κ1) is 69.5. The fourth-order valence-electron chi connectivity index (χ4n) is 7.31. The lowest BCUT2D eigenvalue weighted by Crippen LogP contribution is -2.38. The summed E-state index contributed by atoms with van der Waals surface area (Å²) in [4.78, 5) is 110. The molecule has 9 aromatic heterocycles. The summed E-state index contributed by atoms with van der Waals surface area (Å²) < 4.78 is 13.1. The van der Waals surface area contributed by atoms with Gasteiger partial charge in [-0.3, -0.25) is 52.4 Å². The van der Waals surface area contributed by atoms with Gasteiger partial charge in [0.15, 0.2) is 22.3 Å². The zero-order chi connectivity index (χ0) is 63.8. The van der Waals surface area contributed by atoms with Gasteiger partial charge in [-0.1, -0.05) is 41.9 Å². The minimum Gasteiger partial charge on any atom is -0.480 e. The summed E-state index contributed by atoms with van der Waals surface area (Å²) in [6.07, 6.45) is 13.5. The van der Waals surface area contributed by atoms with Gasteiger partial charge in [0.1, 0.15) is 28.4 Å². The molecule has 0 radical (unpaired) electrons. The van der Waals surface area contributed by atoms with Crippen LogP contribution < -0.4 is 38.9 Å². The van der Waals surface area contributed by atoms with E-state index in [4.69, 9.17) is 27.2 Å². The second kappa shape index (κ2) is 33.5. The second-order valence-electron chi connectivity index (χ2n) is 20.5. The molecule has 0 aromatic carbocycles. The molecule has 9 heterocycles. The summed E-state index contributed by atoms with van der Waals surface area (Å²) in [6.45, 7) is 16.7. The third-order valence-electron chi connectivity index (χ3n) is 11.9. The Morgan fingerprint density at radius 1 is 0.558 bits per heavy atom. The Labute approximate surface area is 510 Å². The van der Waals surface area contributed by atoms with Gasteiger partial charge >= 0.3 is 23.4 Å². The molecule has 25 nitrogen and oxygen atoms in total. The number of nitrogens with two attached hydrogens (primary N) is 1. The van der Waals surface area contributed by atoms with E-state index >= 15 is 0 Å². The number of ether oxygens (including phenoxy) is 1. The number of carboxylic acids is 1. The predicted octanol–water partition coefficient (Wildman–Crippen LogP) is 5.56. The second-order valence-corrected chi connectivity index (χ2v) is 21.7. The fourth-order valence-corrected chi connectivity index (χ4v) is 7.66. The van der Waals surface area contributed by atoms with Crippen LogP contribution in [-0.2, 0) is 74.9 Å². The first-order valence-electron chi connectivity index (χ1n) is 26.9. The molecule has 0 fully saturated rings. The van der Waals surface area contributed by atoms with Gasteiger partial charge in [-0.2, -0.15) is 0 Å². The van der Waals surface area contributed by atoms with E-state index in [2.05, 4.69) is 67.5 Å². The van der Waals surface area contributed by atoms with Crippen LogP contribution in [-0.4, -0.2) is 111 Å². The Hall–Kier alpha value is -9.01. The first-order valence-corrected chi connectivity index (χ1v) is 28.0. The molecule has 0 aliphatic rings. The van der Waals surface area contributed by atoms with Gasteiger partial charge in [-0.05, 0) is 136 Å². The van der Waals surface area contributed by atoms with Crippen LogP contribution in [0.4, 0.5) is 4.79 Å². The van der Waals surface area contributed by atoms with E-state index < -0.39 is 34.1 Å². The van der Waals surface area contributed by atoms with E-state index in [0.29, 0.717) is 37.6 Å². The van der Waals surface area contributed by atoms with Gasteiger partial charge in [0, 0.05) is 109 Å². The van der Waals surface area contributed by atoms with Gasteiger partial charge in [0.05, 0.1) is 12.7 Å². The number of fused-ring (bicyclic) bond motifs is 2. The quantitative estimate of drug-likeness (QED) is 0.109. The zero-order valence-electron chi connectivity index (χ0n) is 50.3. The third-order valence-corrected chi connectivity index (χ3v) is 12.6. The number of hydrogen-bond donors (Lipinski definition) is 4. The maximum absolute atomic E-state index is 12.3. The molecule has 0 aliphatic heterocycles. The van der Waals surface area contributed by atoms with Gasteiger partial charge < -0.3 is 35.3 Å². The smallest absolute Gasteiger partial charge is 0.407 e. The number of imidazole rings is 2. The molecule has 86 heavy (non-hydrogen) atoms. The van der Waals surface area contributed by atoms with Gasteiger partial charge in [0.2, 0.25) is 5.91 Å². The minimum absolute atomic E-state index is 0.0503. The molecular weight excluding hydrogens is 1190 g/mol. The van der Waals surface area contributed by atoms with Gasteiger partial charge in [-0.15, -0.1) is 0 Å². The molecule has 5 N–H and O–H groups in total. The molecule has 27 heteroatoms. The molecule has 0 atom stereocenters. The lowest BCUT2D eigenvalue weighted by atomic mass is 10.2. The van der Waals surface area contributed by atoms with Gasteiger partial charge in [-0.25, -0.2) is 34.3 Å². The van der Waals surface area contributed by atoms with Crippen molar-refractivity contribution in [1.29, 1.82) is 0 Å². The SMILES string of the molecule is Cc1ccc(Br)nc1.Cc1ccc(CCN)nc1.Cc1ccc(CCNC(=O)Cn2cnc3c2c(=O)n(C)c(=O)n3C)nc1.Cc1ccc(CCNC(=O)OC(C)(C)C)nc1.Cc1ccc(Cl)nc1.Cn1c(=O)c2c(ncn2CC(=O)O)n(C)c1=O. The van der Waals surface area contributed by atoms with Crippen molar-refractivity contribution < 1.29 is 24.2 Å². The standard InChI is InChI=1S/C17H20N6O3.C13H20N2O2.C9H10N4O4.C8H12N2.C6H6BrN.C6H6ClN/c1-11-4-5-12(19-8-11)6-7-18-13(24)9-23-10-20-15-14(23)16(25)22(3)17(26)21(15)2;1-10-5-6-11(15-9-10)7-8-14-12(16)17-13(2,3)4;1-11-7-6(8(16)12(2)9(11)17)13(4-10-7)3-5(14)15;1-7-2-3-8(4-5-9)10-6-7;2*1-5-2-3-6(7)8-4-5/h4-5,8,10H,6-7,9H2,1-3H3,(H,18,24);5-6,9H,7-8H2,1-4H3,(H,14,16);4H,3H2,1-2H3,(H,14,15);2-3,6H,4-5,9H2,1H3;2*2-4H,1H3. The molecule has 0 bridgehead atoms. The molecule has 9 aromatic rings. The summed E-state index contributed by atoms with van der Waals surface area (Å²) in [5.41, 5.74) is 12.4. The Morgan fingerprint density at radius 2 is 0.953 bits per heavy atom. The van der Waals surface area contributed by atoms with Crippen LogP contribution in [0.3, 0.4) is 0 Å². The van der Waals surface area contributed by atoms with Crippen molar-refractivity contribution in [3.63, 3.8) is 0 Å². The molecule has 9 rings (SSSR count). The van der Waals surface area contributed by atoms with Crippen molar-refractivity contribution in [2.24, 2.45) is 33.9 Å². The summed E-state index contributed by atoms with van der Waals surface area (Å²) in [5, 5.41) is 14.8. The van der Waals surface area contributed by atoms with E-state index in [1.165, 1.54) is 70.2 Å². The Morgan fingerprint density at radius 3 is 1.30 bits per heavy atom. The number of amides is 2. The highest BCUT2D eigenvalue weighted by atomic mass is 79.9. The van der Waals surface area contributed by atoms with Crippen molar-refractivity contribution in [1.82, 2.24) is 72.9 Å². The molecule has 0 spiro atoms. The molecule has 2 amide bonds. The van der Waals surface area contributed by atoms with Crippen LogP contribution in [0.15, 0.2) is 128 Å². The first-order chi connectivity index (χ1) is 40.6. The maximum atomic E-state index is 12.3. The maximum Gasteiger partial charge on any atom is 0.407 e. The number of carboxylic acid groups (broad SMARTS) is 1. The lowest BCUT2D eigenvalue weighted by molar-refractivity contribution is -0.137. The van der Waals surface area contributed by atoms with Crippen molar-refractivity contribution >= 4 is 67.8 Å². The highest BCUT2D eigenvalue weighted by molar-refractivity contribution is 9.10. The monoisotopic (exact) mass is 1260 g/mol. The van der Waals surface area contributed by atoms with Crippen molar-refractivity contribution in [2.75, 3.05) is 19.6 Å². The summed E-state index contributed by atoms with van der Waals surface area (Å²) in [6, 6.07) is 19.6. The van der Waals surface area contributed by atoms with Crippen LogP contribution >= 0.6 is 27.5 Å². The lowest BCUT2D eigenvalue weighted by Gasteiger charge is -2.19. The van der Waals surface area contributed by atoms with E-state index in [1.807, 2.05) is 123 Å². The number of nitrogens with zero attached hydrogens (tertiary/aromatic N) is 13. The van der Waals surface area contributed by atoms with Crippen molar-refractivity contribution in [3.8, 4) is 0 Å². The number of alkyl carbamates (subject to hydrolysis) is 1. The normalized spacial score (nSPS) is 10.5. The highest BCUT2D eigenvalue weighted by Crippen LogP contribution is 2.09. The van der Waals surface area contributed by atoms with Crippen LogP contribution in [0.1, 0.15) is 65.7 Å². The summed E-state index contributed by atoms with van der Waals surface area (Å²) in [5.74, 6) is -1.33. The van der Waals surface area contributed by atoms with Crippen LogP contribution in [0.5, 0.6) is 0 Å². The number of aryl methyl sites for hydroxylation is 7. The minimum atomic E-state index is -1.08. The molecular formula is C59H74BrClN16O9. The summed E-state index contributed by atoms with van der Waals surface area (Å²) >= 11 is 8.73. The zero-order valence-corrected chi connectivity index (χ0v) is 52.7. The number of rotatable bonds is 12. The third kappa shape index (κ3) is 22.5. The number of hydrogen-bond acceptors (Lipinski definition) is 16. The number of carbonyl (C=O) groups is 3. The van der Waals surface area contributed by atoms with Crippen LogP contribution in [0.25, 0.3) is 22.3 Å². The predicted molar refractivity (Wildman–Crippen MR) is 333 cm³/mol. The Balaban J connectivity index is 0.000000233. The van der Waals surface area contributed by atoms with E-state index in [-0.39, 0.29) is 47.4 Å². The Bertz CT molecular complexity index is 3820. The number of pyridine rings is 5. The van der Waals surface area contributed by atoms with Gasteiger partial charge in [0.25, 0.3) is 11.1 Å². The number of nitrogens with one attached hydrogen (secondary N) is 2. The largest absolute Gasteiger partial charge is 0.480 e. The number of halogens is 2. The van der Waals surface area contributed by atoms with E-state index in [0.717, 1.165) is 53.9 Å². The van der Waals surface area contributed by atoms with Crippen LogP contribution in [0, 0.1) is 34.6 Å². The molecule has 0 unspecified atom stereocenters. The van der Waals surface area contributed by atoms with Crippen LogP contribution in [0.2, 0.25) is 5.15 Å². The molecule has 458 valence electrons. The van der Waals surface area contributed by atoms with E-state index in [1.54, 1.807) is 18.5 Å².